The molecule has 2 amide bonds. The maximum absolute atomic E-state index is 12.6. The van der Waals surface area contributed by atoms with E-state index in [0.717, 1.165) is 24.1 Å². The maximum atomic E-state index is 12.6. The fraction of sp³-hybridized carbons (Fsp3) is 0.591. The van der Waals surface area contributed by atoms with Crippen molar-refractivity contribution in [1.29, 1.82) is 0 Å². The van der Waals surface area contributed by atoms with Gasteiger partial charge in [-0.15, -0.1) is 0 Å². The molecule has 0 aromatic heterocycles. The van der Waals surface area contributed by atoms with Crippen LogP contribution in [0.1, 0.15) is 44.6 Å². The molecular formula is C22H31N3O3. The normalized spacial score (nSPS) is 18.9. The van der Waals surface area contributed by atoms with Gasteiger partial charge in [0.05, 0.1) is 0 Å². The predicted molar refractivity (Wildman–Crippen MR) is 110 cm³/mol. The lowest BCUT2D eigenvalue weighted by Gasteiger charge is -2.41. The van der Waals surface area contributed by atoms with Gasteiger partial charge in [-0.2, -0.15) is 0 Å². The minimum atomic E-state index is -0.793. The molecule has 2 aliphatic rings. The summed E-state index contributed by atoms with van der Waals surface area (Å²) < 4.78 is 0. The summed E-state index contributed by atoms with van der Waals surface area (Å²) in [5.41, 5.74) is 1.27. The molecule has 2 fully saturated rings. The molecule has 6 nitrogen and oxygen atoms in total. The maximum Gasteiger partial charge on any atom is 0.317 e. The number of urea groups is 1. The van der Waals surface area contributed by atoms with Crippen molar-refractivity contribution in [3.05, 3.63) is 29.8 Å². The zero-order chi connectivity index (χ0) is 20.1. The van der Waals surface area contributed by atoms with Gasteiger partial charge in [0.15, 0.2) is 0 Å². The van der Waals surface area contributed by atoms with Crippen LogP contribution >= 0.6 is 0 Å². The number of nitrogens with zero attached hydrogens (tertiary/aromatic N) is 2. The Hall–Kier alpha value is -2.37. The standard InChI is InChI=1S/C22H31N3O3/c1-17(27)13-19-7-4-8-20(14-19)25-11-9-22(16-26,10-12-25)23-21(28)24(2)15-18-5-3-6-18/h4,7-8,14,16,18H,3,5-6,9-13,15H2,1-2H3,(H,23,28). The van der Waals surface area contributed by atoms with Crippen molar-refractivity contribution in [3.63, 3.8) is 0 Å². The Morgan fingerprint density at radius 1 is 1.29 bits per heavy atom. The summed E-state index contributed by atoms with van der Waals surface area (Å²) in [7, 11) is 1.81. The van der Waals surface area contributed by atoms with Crippen LogP contribution in [0.3, 0.4) is 0 Å². The van der Waals surface area contributed by atoms with Crippen molar-refractivity contribution >= 4 is 23.8 Å². The van der Waals surface area contributed by atoms with Crippen molar-refractivity contribution in [2.75, 3.05) is 31.6 Å². The zero-order valence-electron chi connectivity index (χ0n) is 16.9. The zero-order valence-corrected chi connectivity index (χ0v) is 16.9. The van der Waals surface area contributed by atoms with Crippen LogP contribution in [0.15, 0.2) is 24.3 Å². The first-order valence-electron chi connectivity index (χ1n) is 10.2. The van der Waals surface area contributed by atoms with Crippen LogP contribution in [0, 0.1) is 5.92 Å². The number of aldehydes is 1. The third kappa shape index (κ3) is 4.91. The summed E-state index contributed by atoms with van der Waals surface area (Å²) in [4.78, 5) is 39.7. The van der Waals surface area contributed by atoms with E-state index < -0.39 is 5.54 Å². The van der Waals surface area contributed by atoms with Crippen molar-refractivity contribution in [2.24, 2.45) is 5.92 Å². The monoisotopic (exact) mass is 385 g/mol. The first-order valence-corrected chi connectivity index (χ1v) is 10.2. The van der Waals surface area contributed by atoms with Crippen LogP contribution in [-0.4, -0.2) is 55.2 Å². The van der Waals surface area contributed by atoms with E-state index in [2.05, 4.69) is 10.2 Å². The molecule has 1 aliphatic heterocycles. The molecular weight excluding hydrogens is 354 g/mol. The molecule has 0 unspecified atom stereocenters. The summed E-state index contributed by atoms with van der Waals surface area (Å²) in [6.45, 7) is 3.73. The second-order valence-corrected chi connectivity index (χ2v) is 8.42. The van der Waals surface area contributed by atoms with Gasteiger partial charge in [0, 0.05) is 38.8 Å². The number of piperidine rings is 1. The Bertz CT molecular complexity index is 721. The molecule has 1 aromatic rings. The highest BCUT2D eigenvalue weighted by molar-refractivity contribution is 5.81. The SMILES string of the molecule is CC(=O)Cc1cccc(N2CCC(C=O)(NC(=O)N(C)CC3CCC3)CC2)c1. The quantitative estimate of drug-likeness (QED) is 0.733. The number of hydrogen-bond donors (Lipinski definition) is 1. The number of rotatable bonds is 7. The smallest absolute Gasteiger partial charge is 0.317 e. The molecule has 1 saturated heterocycles. The Labute approximate surface area is 167 Å². The third-order valence-corrected chi connectivity index (χ3v) is 6.07. The molecule has 0 bridgehead atoms. The van der Waals surface area contributed by atoms with Gasteiger partial charge in [0.2, 0.25) is 0 Å². The van der Waals surface area contributed by atoms with Gasteiger partial charge >= 0.3 is 6.03 Å². The predicted octanol–water partition coefficient (Wildman–Crippen LogP) is 2.80. The van der Waals surface area contributed by atoms with E-state index in [1.54, 1.807) is 11.8 Å². The number of ketones is 1. The van der Waals surface area contributed by atoms with Gasteiger partial charge < -0.3 is 19.9 Å². The number of carbonyl (C=O) groups is 3. The van der Waals surface area contributed by atoms with E-state index in [0.29, 0.717) is 38.3 Å². The summed E-state index contributed by atoms with van der Waals surface area (Å²) in [6, 6.07) is 7.84. The number of benzene rings is 1. The van der Waals surface area contributed by atoms with E-state index in [1.807, 2.05) is 31.3 Å². The first-order chi connectivity index (χ1) is 13.4. The number of nitrogens with one attached hydrogen (secondary N) is 1. The first kappa shape index (κ1) is 20.4. The van der Waals surface area contributed by atoms with Crippen molar-refractivity contribution < 1.29 is 14.4 Å². The van der Waals surface area contributed by atoms with E-state index in [1.165, 1.54) is 19.3 Å². The molecule has 3 rings (SSSR count). The highest BCUT2D eigenvalue weighted by Crippen LogP contribution is 2.28. The van der Waals surface area contributed by atoms with Gasteiger partial charge in [-0.3, -0.25) is 4.79 Å². The Kier molecular flexibility index (Phi) is 6.37. The average Bonchev–Trinajstić information content (AvgIpc) is 2.64. The Morgan fingerprint density at radius 2 is 2.00 bits per heavy atom. The minimum absolute atomic E-state index is 0.143. The minimum Gasteiger partial charge on any atom is -0.371 e. The molecule has 1 heterocycles. The molecule has 1 saturated carbocycles. The Balaban J connectivity index is 1.57. The van der Waals surface area contributed by atoms with Gasteiger partial charge in [0.1, 0.15) is 17.6 Å². The van der Waals surface area contributed by atoms with Gasteiger partial charge in [0.25, 0.3) is 0 Å². The highest BCUT2D eigenvalue weighted by atomic mass is 16.2. The number of Topliss-reactive ketones (excluding diaryl/α,β-unsaturated/α-hetero) is 1. The third-order valence-electron chi connectivity index (χ3n) is 6.07. The number of anilines is 1. The lowest BCUT2D eigenvalue weighted by molar-refractivity contribution is -0.116. The van der Waals surface area contributed by atoms with Crippen LogP contribution in [0.25, 0.3) is 0 Å². The second-order valence-electron chi connectivity index (χ2n) is 8.42. The van der Waals surface area contributed by atoms with Crippen LogP contribution in [0.4, 0.5) is 10.5 Å². The molecule has 1 aromatic carbocycles. The molecule has 28 heavy (non-hydrogen) atoms. The van der Waals surface area contributed by atoms with Crippen molar-refractivity contribution in [2.45, 2.75) is 51.0 Å². The van der Waals surface area contributed by atoms with Crippen molar-refractivity contribution in [3.8, 4) is 0 Å². The summed E-state index contributed by atoms with van der Waals surface area (Å²) in [6.07, 6.45) is 6.13. The molecule has 0 radical (unpaired) electrons. The lowest BCUT2D eigenvalue weighted by Crippen LogP contribution is -2.59. The largest absolute Gasteiger partial charge is 0.371 e. The molecule has 1 aliphatic carbocycles. The number of hydrogen-bond acceptors (Lipinski definition) is 4. The fourth-order valence-electron chi connectivity index (χ4n) is 4.04. The van der Waals surface area contributed by atoms with Gasteiger partial charge in [-0.05, 0) is 56.2 Å². The summed E-state index contributed by atoms with van der Waals surface area (Å²) in [5, 5.41) is 2.99. The number of amides is 2. The topological polar surface area (TPSA) is 69.7 Å². The molecule has 0 spiro atoms. The number of carbonyl (C=O) groups excluding carboxylic acids is 3. The van der Waals surface area contributed by atoms with E-state index in [9.17, 15) is 14.4 Å². The van der Waals surface area contributed by atoms with Gasteiger partial charge in [-0.1, -0.05) is 18.6 Å². The van der Waals surface area contributed by atoms with Crippen LogP contribution in [0.5, 0.6) is 0 Å². The van der Waals surface area contributed by atoms with Crippen LogP contribution in [-0.2, 0) is 16.0 Å². The lowest BCUT2D eigenvalue weighted by atomic mass is 9.85. The molecule has 6 heteroatoms. The van der Waals surface area contributed by atoms with Gasteiger partial charge in [-0.25, -0.2) is 4.79 Å². The second kappa shape index (κ2) is 8.76. The summed E-state index contributed by atoms with van der Waals surface area (Å²) in [5.74, 6) is 0.747. The van der Waals surface area contributed by atoms with E-state index >= 15 is 0 Å². The average molecular weight is 386 g/mol. The van der Waals surface area contributed by atoms with Crippen molar-refractivity contribution in [1.82, 2.24) is 10.2 Å². The fourth-order valence-corrected chi connectivity index (χ4v) is 4.04. The van der Waals surface area contributed by atoms with Crippen LogP contribution < -0.4 is 10.2 Å². The summed E-state index contributed by atoms with van der Waals surface area (Å²) >= 11 is 0. The van der Waals surface area contributed by atoms with Crippen LogP contribution in [0.2, 0.25) is 0 Å². The highest BCUT2D eigenvalue weighted by Gasteiger charge is 2.37. The molecule has 1 N–H and O–H groups in total. The van der Waals surface area contributed by atoms with E-state index in [-0.39, 0.29) is 11.8 Å². The molecule has 152 valence electrons. The molecule has 0 atom stereocenters. The Morgan fingerprint density at radius 3 is 2.57 bits per heavy atom. The van der Waals surface area contributed by atoms with E-state index in [4.69, 9.17) is 0 Å².